The largest absolute Gasteiger partial charge is 0.378 e. The Bertz CT molecular complexity index is 712. The summed E-state index contributed by atoms with van der Waals surface area (Å²) >= 11 is 0. The number of amides is 1. The summed E-state index contributed by atoms with van der Waals surface area (Å²) in [5.74, 6) is 0.359. The highest BCUT2D eigenvalue weighted by molar-refractivity contribution is 7.91. The van der Waals surface area contributed by atoms with Crippen LogP contribution in [0.25, 0.3) is 0 Å². The second kappa shape index (κ2) is 8.39. The molecule has 26 heavy (non-hydrogen) atoms. The van der Waals surface area contributed by atoms with E-state index in [0.717, 1.165) is 31.9 Å². The normalized spacial score (nSPS) is 22.3. The van der Waals surface area contributed by atoms with E-state index in [1.165, 1.54) is 5.69 Å². The number of nitrogens with zero attached hydrogens (tertiary/aromatic N) is 2. The lowest BCUT2D eigenvalue weighted by atomic mass is 10.1. The number of sulfone groups is 1. The number of rotatable bonds is 6. The summed E-state index contributed by atoms with van der Waals surface area (Å²) in [5, 5.41) is 0. The van der Waals surface area contributed by atoms with Crippen molar-refractivity contribution in [3.05, 3.63) is 29.8 Å². The number of carbonyl (C=O) groups is 1. The van der Waals surface area contributed by atoms with Gasteiger partial charge in [0.15, 0.2) is 9.84 Å². The third-order valence-corrected chi connectivity index (χ3v) is 7.00. The molecule has 1 aromatic rings. The third-order valence-electron chi connectivity index (χ3n) is 5.25. The fraction of sp³-hybridized carbons (Fsp3) is 0.632. The second-order valence-electron chi connectivity index (χ2n) is 7.00. The highest BCUT2D eigenvalue weighted by Crippen LogP contribution is 2.20. The van der Waals surface area contributed by atoms with Gasteiger partial charge in [-0.15, -0.1) is 0 Å². The minimum atomic E-state index is -2.97. The minimum Gasteiger partial charge on any atom is -0.378 e. The maximum Gasteiger partial charge on any atom is 0.223 e. The van der Waals surface area contributed by atoms with E-state index in [1.54, 1.807) is 4.90 Å². The van der Waals surface area contributed by atoms with Crippen LogP contribution in [0, 0.1) is 0 Å². The average molecular weight is 381 g/mol. The summed E-state index contributed by atoms with van der Waals surface area (Å²) in [6.07, 6.45) is 1.66. The molecule has 144 valence electrons. The SMILES string of the molecule is CCN(C(=O)CCc1ccc(N2CCOCC2)cc1)C1CCS(=O)(=O)C1. The van der Waals surface area contributed by atoms with Crippen molar-refractivity contribution in [1.82, 2.24) is 4.90 Å². The Labute approximate surface area is 156 Å². The van der Waals surface area contributed by atoms with Crippen LogP contribution in [0.4, 0.5) is 5.69 Å². The summed E-state index contributed by atoms with van der Waals surface area (Å²) in [6.45, 7) is 5.83. The standard InChI is InChI=1S/C19H28N2O4S/c1-2-21(18-9-14-26(23,24)15-18)19(22)8-5-16-3-6-17(7-4-16)20-10-12-25-13-11-20/h3-4,6-7,18H,2,5,8-15H2,1H3. The van der Waals surface area contributed by atoms with Crippen molar-refractivity contribution in [3.8, 4) is 0 Å². The summed E-state index contributed by atoms with van der Waals surface area (Å²) < 4.78 is 28.7. The van der Waals surface area contributed by atoms with E-state index in [0.29, 0.717) is 25.8 Å². The lowest BCUT2D eigenvalue weighted by Crippen LogP contribution is -2.41. The Kier molecular flexibility index (Phi) is 6.19. The van der Waals surface area contributed by atoms with Gasteiger partial charge in [0.2, 0.25) is 5.91 Å². The molecule has 0 aliphatic carbocycles. The molecule has 3 rings (SSSR count). The molecule has 1 amide bonds. The molecule has 0 bridgehead atoms. The first-order valence-corrected chi connectivity index (χ1v) is 11.2. The van der Waals surface area contributed by atoms with Crippen molar-refractivity contribution >= 4 is 21.4 Å². The lowest BCUT2D eigenvalue weighted by molar-refractivity contribution is -0.132. The minimum absolute atomic E-state index is 0.0480. The fourth-order valence-electron chi connectivity index (χ4n) is 3.75. The van der Waals surface area contributed by atoms with Crippen LogP contribution in [-0.4, -0.2) is 69.6 Å². The third kappa shape index (κ3) is 4.76. The first-order valence-electron chi connectivity index (χ1n) is 9.40. The van der Waals surface area contributed by atoms with Crippen LogP contribution in [-0.2, 0) is 25.8 Å². The molecule has 7 heteroatoms. The predicted molar refractivity (Wildman–Crippen MR) is 102 cm³/mol. The Morgan fingerprint density at radius 2 is 1.92 bits per heavy atom. The Morgan fingerprint density at radius 3 is 2.50 bits per heavy atom. The summed E-state index contributed by atoms with van der Waals surface area (Å²) in [5.41, 5.74) is 2.32. The molecule has 0 radical (unpaired) electrons. The molecule has 0 spiro atoms. The van der Waals surface area contributed by atoms with Crippen LogP contribution in [0.5, 0.6) is 0 Å². The van der Waals surface area contributed by atoms with Crippen molar-refractivity contribution in [3.63, 3.8) is 0 Å². The maximum atomic E-state index is 12.6. The van der Waals surface area contributed by atoms with Gasteiger partial charge in [-0.3, -0.25) is 4.79 Å². The number of ether oxygens (including phenoxy) is 1. The molecule has 2 saturated heterocycles. The maximum absolute atomic E-state index is 12.6. The van der Waals surface area contributed by atoms with Crippen LogP contribution in [0.15, 0.2) is 24.3 Å². The van der Waals surface area contributed by atoms with E-state index < -0.39 is 9.84 Å². The van der Waals surface area contributed by atoms with Gasteiger partial charge in [-0.25, -0.2) is 8.42 Å². The van der Waals surface area contributed by atoms with E-state index in [-0.39, 0.29) is 23.5 Å². The number of carbonyl (C=O) groups excluding carboxylic acids is 1. The van der Waals surface area contributed by atoms with Crippen molar-refractivity contribution in [1.29, 1.82) is 0 Å². The number of aryl methyl sites for hydroxylation is 1. The highest BCUT2D eigenvalue weighted by atomic mass is 32.2. The van der Waals surface area contributed by atoms with Crippen LogP contribution in [0.2, 0.25) is 0 Å². The van der Waals surface area contributed by atoms with Crippen molar-refractivity contribution in [2.24, 2.45) is 0 Å². The zero-order valence-electron chi connectivity index (χ0n) is 15.4. The number of benzene rings is 1. The van der Waals surface area contributed by atoms with E-state index in [1.807, 2.05) is 6.92 Å². The zero-order chi connectivity index (χ0) is 18.6. The molecule has 0 aromatic heterocycles. The van der Waals surface area contributed by atoms with Crippen molar-refractivity contribution < 1.29 is 17.9 Å². The van der Waals surface area contributed by atoms with Gasteiger partial charge < -0.3 is 14.5 Å². The van der Waals surface area contributed by atoms with E-state index in [4.69, 9.17) is 4.74 Å². The van der Waals surface area contributed by atoms with Gasteiger partial charge >= 0.3 is 0 Å². The lowest BCUT2D eigenvalue weighted by Gasteiger charge is -2.29. The van der Waals surface area contributed by atoms with Gasteiger partial charge in [0, 0.05) is 37.8 Å². The molecule has 2 fully saturated rings. The number of hydrogen-bond acceptors (Lipinski definition) is 5. The summed E-state index contributed by atoms with van der Waals surface area (Å²) in [7, 11) is -2.97. The number of morpholine rings is 1. The molecule has 1 unspecified atom stereocenters. The molecule has 0 N–H and O–H groups in total. The van der Waals surface area contributed by atoms with Gasteiger partial charge in [0.1, 0.15) is 0 Å². The smallest absolute Gasteiger partial charge is 0.223 e. The molecular weight excluding hydrogens is 352 g/mol. The van der Waals surface area contributed by atoms with Crippen LogP contribution < -0.4 is 4.90 Å². The van der Waals surface area contributed by atoms with E-state index in [9.17, 15) is 13.2 Å². The topological polar surface area (TPSA) is 66.9 Å². The van der Waals surface area contributed by atoms with E-state index >= 15 is 0 Å². The summed E-state index contributed by atoms with van der Waals surface area (Å²) in [4.78, 5) is 16.6. The average Bonchev–Trinajstić information content (AvgIpc) is 3.01. The Morgan fingerprint density at radius 1 is 1.23 bits per heavy atom. The van der Waals surface area contributed by atoms with Crippen molar-refractivity contribution in [2.75, 3.05) is 49.3 Å². The Hall–Kier alpha value is -1.60. The number of hydrogen-bond donors (Lipinski definition) is 0. The van der Waals surface area contributed by atoms with Gasteiger partial charge in [0.25, 0.3) is 0 Å². The molecule has 2 aliphatic heterocycles. The molecule has 2 heterocycles. The monoisotopic (exact) mass is 380 g/mol. The fourth-order valence-corrected chi connectivity index (χ4v) is 5.48. The zero-order valence-corrected chi connectivity index (χ0v) is 16.2. The molecule has 0 saturated carbocycles. The molecular formula is C19H28N2O4S. The van der Waals surface area contributed by atoms with Gasteiger partial charge in [0.05, 0.1) is 24.7 Å². The first-order chi connectivity index (χ1) is 12.5. The van der Waals surface area contributed by atoms with Crippen LogP contribution in [0.3, 0.4) is 0 Å². The molecule has 2 aliphatic rings. The van der Waals surface area contributed by atoms with Crippen molar-refractivity contribution in [2.45, 2.75) is 32.2 Å². The predicted octanol–water partition coefficient (Wildman–Crippen LogP) is 1.49. The molecule has 1 atom stereocenters. The first kappa shape index (κ1) is 19.2. The van der Waals surface area contributed by atoms with E-state index in [2.05, 4.69) is 29.2 Å². The Balaban J connectivity index is 1.53. The molecule has 6 nitrogen and oxygen atoms in total. The second-order valence-corrected chi connectivity index (χ2v) is 9.23. The highest BCUT2D eigenvalue weighted by Gasteiger charge is 2.33. The summed E-state index contributed by atoms with van der Waals surface area (Å²) in [6, 6.07) is 8.21. The quantitative estimate of drug-likeness (QED) is 0.748. The van der Waals surface area contributed by atoms with Gasteiger partial charge in [-0.2, -0.15) is 0 Å². The van der Waals surface area contributed by atoms with Gasteiger partial charge in [-0.05, 0) is 37.5 Å². The van der Waals surface area contributed by atoms with Gasteiger partial charge in [-0.1, -0.05) is 12.1 Å². The van der Waals surface area contributed by atoms with Crippen LogP contribution >= 0.6 is 0 Å². The molecule has 1 aromatic carbocycles. The van der Waals surface area contributed by atoms with Crippen LogP contribution in [0.1, 0.15) is 25.3 Å². The number of anilines is 1.